The fraction of sp³-hybridized carbons (Fsp3) is 0.192. The summed E-state index contributed by atoms with van der Waals surface area (Å²) in [6, 6.07) is 21.2. The molecule has 9 nitrogen and oxygen atoms in total. The molecule has 0 spiro atoms. The highest BCUT2D eigenvalue weighted by molar-refractivity contribution is 7.56. The summed E-state index contributed by atoms with van der Waals surface area (Å²) in [4.78, 5) is 40.7. The maximum atomic E-state index is 14.6. The van der Waals surface area contributed by atoms with Crippen molar-refractivity contribution in [3.8, 4) is 11.5 Å². The van der Waals surface area contributed by atoms with Crippen LogP contribution < -0.4 is 13.9 Å². The Kier molecular flexibility index (Phi) is 7.41. The smallest absolute Gasteiger partial charge is 0.447 e. The van der Waals surface area contributed by atoms with Crippen molar-refractivity contribution < 1.29 is 37.5 Å². The van der Waals surface area contributed by atoms with Crippen LogP contribution in [0.3, 0.4) is 0 Å². The summed E-state index contributed by atoms with van der Waals surface area (Å²) in [6.07, 6.45) is -0.0129. The molecule has 1 amide bonds. The Balaban J connectivity index is 1.89. The van der Waals surface area contributed by atoms with Crippen molar-refractivity contribution in [3.63, 3.8) is 0 Å². The molecule has 4 rings (SSSR count). The van der Waals surface area contributed by atoms with Crippen molar-refractivity contribution in [2.75, 3.05) is 19.1 Å². The Morgan fingerprint density at radius 2 is 1.28 bits per heavy atom. The highest BCUT2D eigenvalue weighted by Gasteiger charge is 2.57. The van der Waals surface area contributed by atoms with Gasteiger partial charge < -0.3 is 18.5 Å². The Bertz CT molecular complexity index is 1250. The first-order valence-corrected chi connectivity index (χ1v) is 12.6. The first-order valence-electron chi connectivity index (χ1n) is 11.0. The molecule has 186 valence electrons. The summed E-state index contributed by atoms with van der Waals surface area (Å²) in [5, 5.41) is 0. The molecule has 0 fully saturated rings. The van der Waals surface area contributed by atoms with Gasteiger partial charge in [-0.1, -0.05) is 54.6 Å². The lowest BCUT2D eigenvalue weighted by Crippen LogP contribution is -2.55. The number of esters is 2. The van der Waals surface area contributed by atoms with E-state index in [1.807, 2.05) is 0 Å². The second kappa shape index (κ2) is 10.7. The number of rotatable bonds is 9. The van der Waals surface area contributed by atoms with Crippen LogP contribution in [0.1, 0.15) is 5.56 Å². The highest BCUT2D eigenvalue weighted by atomic mass is 31.2. The van der Waals surface area contributed by atoms with Crippen LogP contribution >= 0.6 is 7.60 Å². The zero-order valence-corrected chi connectivity index (χ0v) is 20.5. The number of amides is 1. The Morgan fingerprint density at radius 3 is 1.81 bits per heavy atom. The Morgan fingerprint density at radius 1 is 0.778 bits per heavy atom. The van der Waals surface area contributed by atoms with Crippen LogP contribution in [-0.2, 0) is 34.8 Å². The van der Waals surface area contributed by atoms with E-state index < -0.39 is 37.1 Å². The molecule has 0 unspecified atom stereocenters. The molecule has 1 aliphatic rings. The molecule has 1 aliphatic heterocycles. The molecule has 2 atom stereocenters. The first kappa shape index (κ1) is 25.0. The van der Waals surface area contributed by atoms with E-state index in [9.17, 15) is 18.9 Å². The summed E-state index contributed by atoms with van der Waals surface area (Å²) in [5.74, 6) is -2.28. The van der Waals surface area contributed by atoms with Gasteiger partial charge in [-0.2, -0.15) is 0 Å². The van der Waals surface area contributed by atoms with Crippen LogP contribution in [0.4, 0.5) is 5.69 Å². The molecule has 36 heavy (non-hydrogen) atoms. The standard InChI is InChI=1S/C26H24NO8P/c1-32-25(29)23(27-21-16-10-9-11-18(21)17-22(27)28)24(26(30)33-2)36(31,34-19-12-5-3-6-13-19)35-20-14-7-4-8-15-20/h3-16,23-24H,17H2,1-2H3/t23-,24-/m0/s1. The summed E-state index contributed by atoms with van der Waals surface area (Å²) >= 11 is 0. The number of para-hydroxylation sites is 3. The number of benzene rings is 3. The van der Waals surface area contributed by atoms with Crippen LogP contribution in [0.2, 0.25) is 0 Å². The number of carbonyl (C=O) groups is 3. The van der Waals surface area contributed by atoms with E-state index in [4.69, 9.17) is 18.5 Å². The molecule has 10 heteroatoms. The molecule has 3 aromatic carbocycles. The van der Waals surface area contributed by atoms with E-state index in [0.29, 0.717) is 11.3 Å². The van der Waals surface area contributed by atoms with E-state index in [0.717, 1.165) is 19.1 Å². The summed E-state index contributed by atoms with van der Waals surface area (Å²) in [7, 11) is -2.44. The topological polar surface area (TPSA) is 108 Å². The van der Waals surface area contributed by atoms with Crippen molar-refractivity contribution in [3.05, 3.63) is 90.5 Å². The third-order valence-corrected chi connectivity index (χ3v) is 7.72. The van der Waals surface area contributed by atoms with Gasteiger partial charge in [-0.3, -0.25) is 14.5 Å². The number of carbonyl (C=O) groups excluding carboxylic acids is 3. The van der Waals surface area contributed by atoms with Gasteiger partial charge in [0.1, 0.15) is 11.5 Å². The lowest BCUT2D eigenvalue weighted by molar-refractivity contribution is -0.149. The van der Waals surface area contributed by atoms with Gasteiger partial charge in [0, 0.05) is 5.69 Å². The number of hydrogen-bond acceptors (Lipinski definition) is 8. The molecule has 3 aromatic rings. The summed E-state index contributed by atoms with van der Waals surface area (Å²) < 4.78 is 36.2. The number of anilines is 1. The van der Waals surface area contributed by atoms with Crippen LogP contribution in [0.25, 0.3) is 0 Å². The Labute approximate surface area is 208 Å². The van der Waals surface area contributed by atoms with Crippen molar-refractivity contribution >= 4 is 31.1 Å². The van der Waals surface area contributed by atoms with E-state index >= 15 is 0 Å². The minimum Gasteiger partial charge on any atom is -0.468 e. The minimum absolute atomic E-state index is 0.0129. The van der Waals surface area contributed by atoms with Gasteiger partial charge in [0.25, 0.3) is 0 Å². The van der Waals surface area contributed by atoms with Crippen molar-refractivity contribution in [2.24, 2.45) is 0 Å². The predicted molar refractivity (Wildman–Crippen MR) is 131 cm³/mol. The third-order valence-electron chi connectivity index (χ3n) is 5.62. The van der Waals surface area contributed by atoms with Crippen molar-refractivity contribution in [1.29, 1.82) is 0 Å². The van der Waals surface area contributed by atoms with Gasteiger partial charge in [-0.15, -0.1) is 0 Å². The van der Waals surface area contributed by atoms with Crippen LogP contribution in [0, 0.1) is 0 Å². The molecule has 0 saturated heterocycles. The summed E-state index contributed by atoms with van der Waals surface area (Å²) in [5.41, 5.74) is -0.856. The quantitative estimate of drug-likeness (QED) is 0.315. The van der Waals surface area contributed by atoms with Gasteiger partial charge >= 0.3 is 19.5 Å². The second-order valence-electron chi connectivity index (χ2n) is 7.85. The number of hydrogen-bond donors (Lipinski definition) is 0. The van der Waals surface area contributed by atoms with E-state index in [-0.39, 0.29) is 17.9 Å². The minimum atomic E-state index is -4.63. The molecule has 0 N–H and O–H groups in total. The molecular weight excluding hydrogens is 485 g/mol. The highest BCUT2D eigenvalue weighted by Crippen LogP contribution is 2.56. The zero-order chi connectivity index (χ0) is 25.7. The lowest BCUT2D eigenvalue weighted by atomic mass is 10.1. The number of nitrogens with zero attached hydrogens (tertiary/aromatic N) is 1. The van der Waals surface area contributed by atoms with Crippen LogP contribution in [0.5, 0.6) is 11.5 Å². The molecule has 1 heterocycles. The first-order chi connectivity index (χ1) is 17.4. The summed E-state index contributed by atoms with van der Waals surface area (Å²) in [6.45, 7) is 0. The van der Waals surface area contributed by atoms with Gasteiger partial charge in [0.15, 0.2) is 6.04 Å². The second-order valence-corrected chi connectivity index (χ2v) is 9.85. The molecule has 0 bridgehead atoms. The van der Waals surface area contributed by atoms with Gasteiger partial charge in [0.2, 0.25) is 11.6 Å². The fourth-order valence-electron chi connectivity index (χ4n) is 4.02. The van der Waals surface area contributed by atoms with E-state index in [1.54, 1.807) is 60.7 Å². The fourth-order valence-corrected chi connectivity index (χ4v) is 6.08. The van der Waals surface area contributed by atoms with Crippen molar-refractivity contribution in [2.45, 2.75) is 18.1 Å². The van der Waals surface area contributed by atoms with Gasteiger partial charge in [-0.25, -0.2) is 9.36 Å². The number of fused-ring (bicyclic) bond motifs is 1. The third kappa shape index (κ3) is 4.97. The van der Waals surface area contributed by atoms with Crippen LogP contribution in [-0.4, -0.2) is 43.8 Å². The zero-order valence-electron chi connectivity index (χ0n) is 19.6. The predicted octanol–water partition coefficient (Wildman–Crippen LogP) is 4.01. The van der Waals surface area contributed by atoms with Gasteiger partial charge in [0.05, 0.1) is 20.6 Å². The van der Waals surface area contributed by atoms with Gasteiger partial charge in [-0.05, 0) is 35.9 Å². The van der Waals surface area contributed by atoms with E-state index in [2.05, 4.69) is 0 Å². The van der Waals surface area contributed by atoms with E-state index in [1.165, 1.54) is 24.3 Å². The molecule has 0 saturated carbocycles. The maximum absolute atomic E-state index is 14.6. The number of methoxy groups -OCH3 is 2. The lowest BCUT2D eigenvalue weighted by Gasteiger charge is -2.34. The average Bonchev–Trinajstić information content (AvgIpc) is 3.22. The molecule has 0 radical (unpaired) electrons. The maximum Gasteiger partial charge on any atom is 0.447 e. The monoisotopic (exact) mass is 509 g/mol. The molecule has 0 aliphatic carbocycles. The molecular formula is C26H24NO8P. The molecule has 0 aromatic heterocycles. The van der Waals surface area contributed by atoms with Crippen molar-refractivity contribution in [1.82, 2.24) is 0 Å². The Hall–Kier alpha value is -4.10. The SMILES string of the molecule is COC(=O)[C@H]([C@@H](C(=O)OC)P(=O)(Oc1ccccc1)Oc1ccccc1)N1C(=O)Cc2ccccc21. The largest absolute Gasteiger partial charge is 0.468 e. The number of ether oxygens (including phenoxy) is 2. The van der Waals surface area contributed by atoms with Crippen LogP contribution in [0.15, 0.2) is 84.9 Å². The normalized spacial score (nSPS) is 14.4. The average molecular weight is 509 g/mol.